The maximum absolute atomic E-state index is 11.5. The van der Waals surface area contributed by atoms with Gasteiger partial charge >= 0.3 is 12.0 Å². The number of aliphatic carboxylic acids is 1. The highest BCUT2D eigenvalue weighted by Gasteiger charge is 2.36. The van der Waals surface area contributed by atoms with Crippen LogP contribution in [-0.4, -0.2) is 54.4 Å². The first-order valence-corrected chi connectivity index (χ1v) is 5.04. The summed E-state index contributed by atoms with van der Waals surface area (Å²) < 4.78 is 5.05. The monoisotopic (exact) mass is 214 g/mol. The van der Waals surface area contributed by atoms with Crippen molar-refractivity contribution >= 4 is 12.0 Å². The van der Waals surface area contributed by atoms with Gasteiger partial charge in [-0.25, -0.2) is 4.79 Å². The van der Waals surface area contributed by atoms with Gasteiger partial charge in [-0.2, -0.15) is 0 Å². The lowest BCUT2D eigenvalue weighted by atomic mass is 10.0. The molecule has 6 heteroatoms. The first kappa shape index (κ1) is 10.2. The van der Waals surface area contributed by atoms with Crippen LogP contribution in [0.15, 0.2) is 0 Å². The van der Waals surface area contributed by atoms with Gasteiger partial charge in [0.15, 0.2) is 0 Å². The molecule has 2 fully saturated rings. The molecular formula is C9H14N2O4. The molecule has 2 aliphatic heterocycles. The molecule has 0 radical (unpaired) electrons. The van der Waals surface area contributed by atoms with Crippen LogP contribution in [-0.2, 0) is 9.53 Å². The summed E-state index contributed by atoms with van der Waals surface area (Å²) in [5, 5.41) is 11.6. The molecule has 2 unspecified atom stereocenters. The Hall–Kier alpha value is -1.30. The molecule has 2 N–H and O–H groups in total. The number of ether oxygens (including phenoxy) is 1. The molecule has 2 heterocycles. The third-order valence-corrected chi connectivity index (χ3v) is 2.85. The summed E-state index contributed by atoms with van der Waals surface area (Å²) in [6, 6.07) is -0.571. The molecule has 0 aromatic rings. The van der Waals surface area contributed by atoms with E-state index in [9.17, 15) is 9.59 Å². The number of carbonyl (C=O) groups excluding carboxylic acids is 1. The Morgan fingerprint density at radius 1 is 1.33 bits per heavy atom. The summed E-state index contributed by atoms with van der Waals surface area (Å²) in [5.74, 6) is -1.53. The fourth-order valence-corrected chi connectivity index (χ4v) is 1.71. The van der Waals surface area contributed by atoms with E-state index >= 15 is 0 Å². The summed E-state index contributed by atoms with van der Waals surface area (Å²) in [5.41, 5.74) is 0. The number of nitrogens with zero attached hydrogens (tertiary/aromatic N) is 1. The highest BCUT2D eigenvalue weighted by atomic mass is 16.5. The van der Waals surface area contributed by atoms with E-state index in [0.29, 0.717) is 0 Å². The number of carboxylic acid groups (broad SMARTS) is 1. The Balaban J connectivity index is 1.87. The maximum Gasteiger partial charge on any atom is 0.317 e. The van der Waals surface area contributed by atoms with Crippen molar-refractivity contribution in [2.24, 2.45) is 5.92 Å². The normalized spacial score (nSPS) is 29.7. The standard InChI is InChI=1S/C9H14N2O4/c12-8(13)6-4-15-5-7(6)10-9(14)11-2-1-3-11/h6-7H,1-5H2,(H,10,14)(H,12,13). The zero-order valence-electron chi connectivity index (χ0n) is 8.31. The second-order valence-electron chi connectivity index (χ2n) is 3.88. The van der Waals surface area contributed by atoms with E-state index in [1.54, 1.807) is 4.90 Å². The molecule has 0 saturated carbocycles. The Morgan fingerprint density at radius 2 is 2.07 bits per heavy atom. The summed E-state index contributed by atoms with van der Waals surface area (Å²) in [7, 11) is 0. The Morgan fingerprint density at radius 3 is 2.60 bits per heavy atom. The van der Waals surface area contributed by atoms with Crippen molar-refractivity contribution < 1.29 is 19.4 Å². The number of carbonyl (C=O) groups is 2. The van der Waals surface area contributed by atoms with Crippen molar-refractivity contribution in [3.8, 4) is 0 Å². The number of amides is 2. The Kier molecular flexibility index (Phi) is 2.77. The predicted molar refractivity (Wildman–Crippen MR) is 50.5 cm³/mol. The lowest BCUT2D eigenvalue weighted by molar-refractivity contribution is -0.142. The van der Waals surface area contributed by atoms with Gasteiger partial charge in [0, 0.05) is 13.1 Å². The van der Waals surface area contributed by atoms with E-state index in [0.717, 1.165) is 19.5 Å². The van der Waals surface area contributed by atoms with Crippen molar-refractivity contribution in [2.45, 2.75) is 12.5 Å². The molecule has 2 amide bonds. The minimum Gasteiger partial charge on any atom is -0.481 e. The Labute approximate surface area is 87.2 Å². The molecule has 0 aromatic carbocycles. The van der Waals surface area contributed by atoms with Gasteiger partial charge in [0.25, 0.3) is 0 Å². The molecule has 2 aliphatic rings. The van der Waals surface area contributed by atoms with Crippen LogP contribution in [0, 0.1) is 5.92 Å². The largest absolute Gasteiger partial charge is 0.481 e. The van der Waals surface area contributed by atoms with Gasteiger partial charge in [-0.05, 0) is 6.42 Å². The van der Waals surface area contributed by atoms with Gasteiger partial charge in [-0.3, -0.25) is 4.79 Å². The van der Waals surface area contributed by atoms with Crippen molar-refractivity contribution in [3.05, 3.63) is 0 Å². The van der Waals surface area contributed by atoms with E-state index in [2.05, 4.69) is 5.32 Å². The molecule has 0 aliphatic carbocycles. The third kappa shape index (κ3) is 2.04. The van der Waals surface area contributed by atoms with Crippen LogP contribution in [0.5, 0.6) is 0 Å². The number of nitrogens with one attached hydrogen (secondary N) is 1. The molecule has 84 valence electrons. The molecule has 6 nitrogen and oxygen atoms in total. The SMILES string of the molecule is O=C(O)C1COCC1NC(=O)N1CCC1. The number of hydrogen-bond acceptors (Lipinski definition) is 3. The van der Waals surface area contributed by atoms with E-state index in [-0.39, 0.29) is 19.2 Å². The number of urea groups is 1. The van der Waals surface area contributed by atoms with Gasteiger partial charge in [-0.1, -0.05) is 0 Å². The molecule has 0 aromatic heterocycles. The molecule has 2 rings (SSSR count). The van der Waals surface area contributed by atoms with Crippen LogP contribution < -0.4 is 5.32 Å². The smallest absolute Gasteiger partial charge is 0.317 e. The summed E-state index contributed by atoms with van der Waals surface area (Å²) in [6.45, 7) is 1.99. The Bertz CT molecular complexity index is 277. The molecule has 2 atom stereocenters. The van der Waals surface area contributed by atoms with Gasteiger partial charge in [0.1, 0.15) is 5.92 Å². The summed E-state index contributed by atoms with van der Waals surface area (Å²) >= 11 is 0. The number of carboxylic acids is 1. The van der Waals surface area contributed by atoms with Crippen LogP contribution in [0.2, 0.25) is 0 Å². The third-order valence-electron chi connectivity index (χ3n) is 2.85. The first-order valence-electron chi connectivity index (χ1n) is 5.04. The second kappa shape index (κ2) is 4.06. The quantitative estimate of drug-likeness (QED) is 0.649. The molecule has 0 bridgehead atoms. The van der Waals surface area contributed by atoms with Crippen LogP contribution in [0.1, 0.15) is 6.42 Å². The van der Waals surface area contributed by atoms with Crippen molar-refractivity contribution in [1.82, 2.24) is 10.2 Å². The van der Waals surface area contributed by atoms with Crippen molar-refractivity contribution in [1.29, 1.82) is 0 Å². The molecule has 0 spiro atoms. The average molecular weight is 214 g/mol. The van der Waals surface area contributed by atoms with E-state index in [1.165, 1.54) is 0 Å². The zero-order chi connectivity index (χ0) is 10.8. The van der Waals surface area contributed by atoms with Gasteiger partial charge in [-0.15, -0.1) is 0 Å². The fourth-order valence-electron chi connectivity index (χ4n) is 1.71. The van der Waals surface area contributed by atoms with Crippen molar-refractivity contribution in [2.75, 3.05) is 26.3 Å². The van der Waals surface area contributed by atoms with Crippen LogP contribution >= 0.6 is 0 Å². The number of likely N-dealkylation sites (tertiary alicyclic amines) is 1. The highest BCUT2D eigenvalue weighted by molar-refractivity contribution is 5.77. The second-order valence-corrected chi connectivity index (χ2v) is 3.88. The van der Waals surface area contributed by atoms with Crippen LogP contribution in [0.4, 0.5) is 4.79 Å². The first-order chi connectivity index (χ1) is 7.18. The minimum absolute atomic E-state index is 0.178. The predicted octanol–water partition coefficient (Wildman–Crippen LogP) is -0.499. The van der Waals surface area contributed by atoms with E-state index in [4.69, 9.17) is 9.84 Å². The summed E-state index contributed by atoms with van der Waals surface area (Å²) in [6.07, 6.45) is 1.02. The molecule has 2 saturated heterocycles. The van der Waals surface area contributed by atoms with Crippen LogP contribution in [0.25, 0.3) is 0 Å². The fraction of sp³-hybridized carbons (Fsp3) is 0.778. The van der Waals surface area contributed by atoms with Gasteiger partial charge in [0.2, 0.25) is 0 Å². The lowest BCUT2D eigenvalue weighted by Gasteiger charge is -2.32. The lowest BCUT2D eigenvalue weighted by Crippen LogP contribution is -2.53. The molecule has 15 heavy (non-hydrogen) atoms. The number of hydrogen-bond donors (Lipinski definition) is 2. The maximum atomic E-state index is 11.5. The zero-order valence-corrected chi connectivity index (χ0v) is 8.31. The highest BCUT2D eigenvalue weighted by Crippen LogP contribution is 2.15. The number of rotatable bonds is 2. The minimum atomic E-state index is -0.915. The average Bonchev–Trinajstić information content (AvgIpc) is 2.48. The van der Waals surface area contributed by atoms with E-state index in [1.807, 2.05) is 0 Å². The van der Waals surface area contributed by atoms with Crippen molar-refractivity contribution in [3.63, 3.8) is 0 Å². The van der Waals surface area contributed by atoms with Crippen LogP contribution in [0.3, 0.4) is 0 Å². The van der Waals surface area contributed by atoms with Gasteiger partial charge < -0.3 is 20.1 Å². The molecular weight excluding hydrogens is 200 g/mol. The topological polar surface area (TPSA) is 78.9 Å². The van der Waals surface area contributed by atoms with E-state index < -0.39 is 17.9 Å². The summed E-state index contributed by atoms with van der Waals surface area (Å²) in [4.78, 5) is 24.0. The van der Waals surface area contributed by atoms with Gasteiger partial charge in [0.05, 0.1) is 19.3 Å².